The standard InChI is InChI=1S/C20H24N4O3/c1-14-7-8-18(27-14)15-12-16(23-22-15)20(25)21-13-17(19-6-5-11-26-19)24-9-3-2-4-10-24/h5-8,11-12,17H,2-4,9-10,13H2,1H3,(H,21,25)(H,22,23). The summed E-state index contributed by atoms with van der Waals surface area (Å²) in [7, 11) is 0. The summed E-state index contributed by atoms with van der Waals surface area (Å²) in [6, 6.07) is 9.33. The summed E-state index contributed by atoms with van der Waals surface area (Å²) in [5, 5.41) is 9.98. The van der Waals surface area contributed by atoms with Gasteiger partial charge in [-0.05, 0) is 57.1 Å². The summed E-state index contributed by atoms with van der Waals surface area (Å²) < 4.78 is 11.2. The van der Waals surface area contributed by atoms with Gasteiger partial charge >= 0.3 is 0 Å². The lowest BCUT2D eigenvalue weighted by molar-refractivity contribution is 0.0909. The molecule has 1 fully saturated rings. The van der Waals surface area contributed by atoms with E-state index in [1.54, 1.807) is 12.3 Å². The second-order valence-corrected chi connectivity index (χ2v) is 6.92. The molecule has 7 heteroatoms. The van der Waals surface area contributed by atoms with Crippen LogP contribution in [0.3, 0.4) is 0 Å². The zero-order chi connectivity index (χ0) is 18.6. The Hall–Kier alpha value is -2.80. The third-order valence-corrected chi connectivity index (χ3v) is 4.98. The van der Waals surface area contributed by atoms with Gasteiger partial charge in [-0.2, -0.15) is 5.10 Å². The van der Waals surface area contributed by atoms with Gasteiger partial charge in [0.15, 0.2) is 11.5 Å². The average Bonchev–Trinajstić information content (AvgIpc) is 3.44. The molecular weight excluding hydrogens is 344 g/mol. The van der Waals surface area contributed by atoms with E-state index < -0.39 is 0 Å². The van der Waals surface area contributed by atoms with Crippen molar-refractivity contribution in [2.24, 2.45) is 0 Å². The maximum Gasteiger partial charge on any atom is 0.271 e. The Labute approximate surface area is 157 Å². The second kappa shape index (κ2) is 7.84. The number of furan rings is 2. The van der Waals surface area contributed by atoms with E-state index >= 15 is 0 Å². The number of likely N-dealkylation sites (tertiary alicyclic amines) is 1. The van der Waals surface area contributed by atoms with Crippen molar-refractivity contribution in [3.63, 3.8) is 0 Å². The van der Waals surface area contributed by atoms with E-state index in [2.05, 4.69) is 20.4 Å². The quantitative estimate of drug-likeness (QED) is 0.695. The highest BCUT2D eigenvalue weighted by atomic mass is 16.3. The van der Waals surface area contributed by atoms with Gasteiger partial charge in [0.05, 0.1) is 12.3 Å². The van der Waals surface area contributed by atoms with E-state index in [-0.39, 0.29) is 11.9 Å². The number of hydrogen-bond donors (Lipinski definition) is 2. The fourth-order valence-electron chi connectivity index (χ4n) is 3.54. The van der Waals surface area contributed by atoms with Crippen LogP contribution in [-0.2, 0) is 0 Å². The zero-order valence-corrected chi connectivity index (χ0v) is 15.4. The molecule has 1 saturated heterocycles. The van der Waals surface area contributed by atoms with Crippen LogP contribution in [0, 0.1) is 6.92 Å². The molecule has 4 rings (SSSR count). The Morgan fingerprint density at radius 2 is 2.15 bits per heavy atom. The molecule has 7 nitrogen and oxygen atoms in total. The highest BCUT2D eigenvalue weighted by molar-refractivity contribution is 5.93. The fraction of sp³-hybridized carbons (Fsp3) is 0.400. The molecule has 3 aromatic rings. The van der Waals surface area contributed by atoms with Crippen LogP contribution in [0.15, 0.2) is 45.4 Å². The Morgan fingerprint density at radius 1 is 1.30 bits per heavy atom. The van der Waals surface area contributed by atoms with Gasteiger partial charge in [-0.15, -0.1) is 0 Å². The van der Waals surface area contributed by atoms with Crippen LogP contribution in [-0.4, -0.2) is 40.6 Å². The van der Waals surface area contributed by atoms with Gasteiger partial charge in [0.1, 0.15) is 17.2 Å². The van der Waals surface area contributed by atoms with Gasteiger partial charge in [-0.25, -0.2) is 0 Å². The van der Waals surface area contributed by atoms with Crippen LogP contribution in [0.25, 0.3) is 11.5 Å². The number of H-pyrrole nitrogens is 1. The van der Waals surface area contributed by atoms with Crippen molar-refractivity contribution in [2.75, 3.05) is 19.6 Å². The molecular formula is C20H24N4O3. The molecule has 1 aliphatic heterocycles. The Bertz CT molecular complexity index is 875. The monoisotopic (exact) mass is 368 g/mol. The number of aromatic amines is 1. The van der Waals surface area contributed by atoms with Crippen LogP contribution in [0.2, 0.25) is 0 Å². The van der Waals surface area contributed by atoms with Crippen molar-refractivity contribution < 1.29 is 13.6 Å². The molecule has 0 bridgehead atoms. The van der Waals surface area contributed by atoms with E-state index in [1.165, 1.54) is 19.3 Å². The van der Waals surface area contributed by atoms with Crippen molar-refractivity contribution in [3.8, 4) is 11.5 Å². The Morgan fingerprint density at radius 3 is 2.85 bits per heavy atom. The van der Waals surface area contributed by atoms with E-state index in [1.807, 2.05) is 31.2 Å². The molecule has 3 aromatic heterocycles. The van der Waals surface area contributed by atoms with Gasteiger partial charge in [0.25, 0.3) is 5.91 Å². The molecule has 0 aliphatic carbocycles. The first-order valence-electron chi connectivity index (χ1n) is 9.38. The van der Waals surface area contributed by atoms with Gasteiger partial charge in [0, 0.05) is 12.6 Å². The number of carbonyl (C=O) groups is 1. The fourth-order valence-corrected chi connectivity index (χ4v) is 3.54. The van der Waals surface area contributed by atoms with Crippen LogP contribution in [0.4, 0.5) is 0 Å². The summed E-state index contributed by atoms with van der Waals surface area (Å²) in [4.78, 5) is 15.0. The molecule has 4 heterocycles. The third kappa shape index (κ3) is 3.98. The minimum Gasteiger partial charge on any atom is -0.468 e. The van der Waals surface area contributed by atoms with Crippen molar-refractivity contribution >= 4 is 5.91 Å². The summed E-state index contributed by atoms with van der Waals surface area (Å²) in [5.74, 6) is 2.15. The summed E-state index contributed by atoms with van der Waals surface area (Å²) >= 11 is 0. The molecule has 1 atom stereocenters. The van der Waals surface area contributed by atoms with E-state index in [4.69, 9.17) is 8.83 Å². The van der Waals surface area contributed by atoms with Crippen LogP contribution in [0.1, 0.15) is 47.3 Å². The molecule has 0 saturated carbocycles. The molecule has 27 heavy (non-hydrogen) atoms. The lowest BCUT2D eigenvalue weighted by Crippen LogP contribution is -2.40. The van der Waals surface area contributed by atoms with Crippen molar-refractivity contribution in [2.45, 2.75) is 32.2 Å². The topological polar surface area (TPSA) is 87.3 Å². The van der Waals surface area contributed by atoms with Gasteiger partial charge in [-0.3, -0.25) is 14.8 Å². The third-order valence-electron chi connectivity index (χ3n) is 4.98. The molecule has 1 aliphatic rings. The summed E-state index contributed by atoms with van der Waals surface area (Å²) in [5.41, 5.74) is 1.03. The Balaban J connectivity index is 1.43. The molecule has 2 N–H and O–H groups in total. The lowest BCUT2D eigenvalue weighted by Gasteiger charge is -2.33. The molecule has 0 aromatic carbocycles. The minimum atomic E-state index is -0.214. The number of aromatic nitrogens is 2. The summed E-state index contributed by atoms with van der Waals surface area (Å²) in [6.45, 7) is 4.40. The number of piperidine rings is 1. The van der Waals surface area contributed by atoms with Gasteiger partial charge in [-0.1, -0.05) is 6.42 Å². The SMILES string of the molecule is Cc1ccc(-c2cc(C(=O)NCC(c3ccco3)N3CCCCC3)n[nH]2)o1. The number of carbonyl (C=O) groups excluding carboxylic acids is 1. The first-order chi connectivity index (χ1) is 13.2. The molecule has 0 radical (unpaired) electrons. The zero-order valence-electron chi connectivity index (χ0n) is 15.4. The van der Waals surface area contributed by atoms with E-state index in [0.717, 1.165) is 24.6 Å². The number of aryl methyl sites for hydroxylation is 1. The summed E-state index contributed by atoms with van der Waals surface area (Å²) in [6.07, 6.45) is 5.29. The van der Waals surface area contributed by atoms with Crippen molar-refractivity contribution in [1.29, 1.82) is 0 Å². The molecule has 1 unspecified atom stereocenters. The largest absolute Gasteiger partial charge is 0.468 e. The van der Waals surface area contributed by atoms with Crippen LogP contribution < -0.4 is 5.32 Å². The van der Waals surface area contributed by atoms with Crippen LogP contribution in [0.5, 0.6) is 0 Å². The smallest absolute Gasteiger partial charge is 0.271 e. The first-order valence-corrected chi connectivity index (χ1v) is 9.38. The predicted molar refractivity (Wildman–Crippen MR) is 100 cm³/mol. The highest BCUT2D eigenvalue weighted by Gasteiger charge is 2.25. The lowest BCUT2D eigenvalue weighted by atomic mass is 10.1. The second-order valence-electron chi connectivity index (χ2n) is 6.92. The number of rotatable bonds is 6. The van der Waals surface area contributed by atoms with Crippen molar-refractivity contribution in [1.82, 2.24) is 20.4 Å². The van der Waals surface area contributed by atoms with Crippen LogP contribution >= 0.6 is 0 Å². The maximum atomic E-state index is 12.6. The average molecular weight is 368 g/mol. The minimum absolute atomic E-state index is 0.0374. The number of amides is 1. The highest BCUT2D eigenvalue weighted by Crippen LogP contribution is 2.25. The normalized spacial score (nSPS) is 16.3. The first kappa shape index (κ1) is 17.6. The molecule has 1 amide bonds. The number of hydrogen-bond acceptors (Lipinski definition) is 5. The van der Waals surface area contributed by atoms with E-state index in [0.29, 0.717) is 23.7 Å². The predicted octanol–water partition coefficient (Wildman–Crippen LogP) is 3.53. The van der Waals surface area contributed by atoms with E-state index in [9.17, 15) is 4.79 Å². The number of nitrogens with zero attached hydrogens (tertiary/aromatic N) is 2. The van der Waals surface area contributed by atoms with Gasteiger partial charge in [0.2, 0.25) is 0 Å². The number of nitrogens with one attached hydrogen (secondary N) is 2. The molecule has 0 spiro atoms. The molecule has 142 valence electrons. The maximum absolute atomic E-state index is 12.6. The van der Waals surface area contributed by atoms with Gasteiger partial charge < -0.3 is 14.2 Å². The van der Waals surface area contributed by atoms with Crippen molar-refractivity contribution in [3.05, 3.63) is 53.8 Å². The Kier molecular flexibility index (Phi) is 5.11.